The molecule has 0 amide bonds. The summed E-state index contributed by atoms with van der Waals surface area (Å²) in [6.45, 7) is 7.85. The minimum absolute atomic E-state index is 0.235. The summed E-state index contributed by atoms with van der Waals surface area (Å²) in [6, 6.07) is 11.7. The second kappa shape index (κ2) is 7.87. The molecule has 2 aromatic carbocycles. The zero-order chi connectivity index (χ0) is 20.4. The number of likely N-dealkylation sites (N-methyl/N-ethyl adjacent to an activating group) is 1. The third-order valence-electron chi connectivity index (χ3n) is 5.31. The van der Waals surface area contributed by atoms with Crippen molar-refractivity contribution in [1.29, 1.82) is 0 Å². The van der Waals surface area contributed by atoms with Gasteiger partial charge in [0.15, 0.2) is 0 Å². The third kappa shape index (κ3) is 4.60. The quantitative estimate of drug-likeness (QED) is 0.748. The summed E-state index contributed by atoms with van der Waals surface area (Å²) in [5.41, 5.74) is -0.215. The fourth-order valence-electron chi connectivity index (χ4n) is 2.75. The maximum Gasteiger partial charge on any atom is 0.314 e. The molecule has 27 heavy (non-hydrogen) atoms. The molecule has 2 rings (SSSR count). The molecule has 0 aromatic heterocycles. The third-order valence-corrected chi connectivity index (χ3v) is 5.31. The number of rotatable bonds is 7. The molecule has 5 nitrogen and oxygen atoms in total. The Hall–Kier alpha value is -2.11. The van der Waals surface area contributed by atoms with Gasteiger partial charge in [0.1, 0.15) is 12.4 Å². The Labute approximate surface area is 161 Å². The molecule has 2 aromatic rings. The first-order valence-electron chi connectivity index (χ1n) is 9.09. The molecular weight excluding hydrogens is 342 g/mol. The van der Waals surface area contributed by atoms with Crippen LogP contribution >= 0.6 is 0 Å². The Kier molecular flexibility index (Phi) is 6.17. The number of aliphatic hydroxyl groups is 1. The highest BCUT2D eigenvalue weighted by molar-refractivity contribution is 5.84. The molecule has 0 radical (unpaired) electrons. The van der Waals surface area contributed by atoms with E-state index in [4.69, 9.17) is 9.47 Å². The van der Waals surface area contributed by atoms with Crippen molar-refractivity contribution in [3.05, 3.63) is 42.0 Å². The van der Waals surface area contributed by atoms with Crippen molar-refractivity contribution >= 4 is 16.7 Å². The lowest BCUT2D eigenvalue weighted by molar-refractivity contribution is -0.152. The first kappa shape index (κ1) is 21.2. The predicted octanol–water partition coefficient (Wildman–Crippen LogP) is 3.79. The average Bonchev–Trinajstić information content (AvgIpc) is 2.64. The average molecular weight is 373 g/mol. The second-order valence-corrected chi connectivity index (χ2v) is 8.38. The van der Waals surface area contributed by atoms with E-state index in [9.17, 15) is 9.90 Å². The number of carbonyl (C=O) groups is 1. The highest BCUT2D eigenvalue weighted by atomic mass is 16.5. The van der Waals surface area contributed by atoms with Gasteiger partial charge in [0.05, 0.1) is 18.6 Å². The van der Waals surface area contributed by atoms with Gasteiger partial charge in [0, 0.05) is 5.54 Å². The van der Waals surface area contributed by atoms with Gasteiger partial charge >= 0.3 is 5.97 Å². The lowest BCUT2D eigenvalue weighted by Crippen LogP contribution is -2.43. The summed E-state index contributed by atoms with van der Waals surface area (Å²) in [5.74, 6) is 0.395. The minimum atomic E-state index is -0.713. The number of methoxy groups -OCH3 is 1. The van der Waals surface area contributed by atoms with E-state index in [0.29, 0.717) is 5.75 Å². The minimum Gasteiger partial charge on any atom is -0.492 e. The molecule has 148 valence electrons. The number of hydrogen-bond acceptors (Lipinski definition) is 5. The molecule has 0 saturated carbocycles. The largest absolute Gasteiger partial charge is 0.492 e. The van der Waals surface area contributed by atoms with Crippen LogP contribution in [-0.4, -0.2) is 49.3 Å². The highest BCUT2D eigenvalue weighted by Crippen LogP contribution is 2.32. The van der Waals surface area contributed by atoms with Crippen molar-refractivity contribution in [2.24, 2.45) is 5.41 Å². The summed E-state index contributed by atoms with van der Waals surface area (Å²) < 4.78 is 10.6. The number of carbonyl (C=O) groups excluding carboxylic acids is 1. The first-order chi connectivity index (χ1) is 12.5. The molecule has 5 heteroatoms. The standard InChI is InChI=1S/C22H31NO4/c1-21(2,20(25)26-7)14-27-18-11-10-15-12-17(9-8-16(15)13-18)19(24)22(3,4)23(5)6/h8-13,19,24H,14H2,1-7H3. The maximum absolute atomic E-state index is 11.8. The molecule has 0 heterocycles. The number of ether oxygens (including phenoxy) is 2. The number of esters is 1. The van der Waals surface area contributed by atoms with Gasteiger partial charge in [-0.25, -0.2) is 0 Å². The highest BCUT2D eigenvalue weighted by Gasteiger charge is 2.31. The normalized spacial score (nSPS) is 13.7. The van der Waals surface area contributed by atoms with Gasteiger partial charge in [-0.1, -0.05) is 18.2 Å². The number of benzene rings is 2. The van der Waals surface area contributed by atoms with E-state index in [2.05, 4.69) is 0 Å². The van der Waals surface area contributed by atoms with Crippen molar-refractivity contribution in [2.45, 2.75) is 39.3 Å². The first-order valence-corrected chi connectivity index (χ1v) is 9.09. The summed E-state index contributed by atoms with van der Waals surface area (Å²) in [6.07, 6.45) is -0.603. The molecule has 1 atom stereocenters. The van der Waals surface area contributed by atoms with Crippen molar-refractivity contribution in [3.8, 4) is 5.75 Å². The Balaban J connectivity index is 2.21. The molecule has 0 bridgehead atoms. The summed E-state index contributed by atoms with van der Waals surface area (Å²) >= 11 is 0. The van der Waals surface area contributed by atoms with Gasteiger partial charge < -0.3 is 19.5 Å². The molecule has 0 aliphatic carbocycles. The Morgan fingerprint density at radius 1 is 1.07 bits per heavy atom. The summed E-state index contributed by atoms with van der Waals surface area (Å²) in [7, 11) is 5.30. The van der Waals surface area contributed by atoms with Crippen molar-refractivity contribution in [1.82, 2.24) is 4.90 Å². The van der Waals surface area contributed by atoms with Crippen LogP contribution in [0.25, 0.3) is 10.8 Å². The topological polar surface area (TPSA) is 59.0 Å². The summed E-state index contributed by atoms with van der Waals surface area (Å²) in [4.78, 5) is 13.8. The van der Waals surface area contributed by atoms with E-state index >= 15 is 0 Å². The van der Waals surface area contributed by atoms with Crippen LogP contribution in [0.3, 0.4) is 0 Å². The molecule has 1 unspecified atom stereocenters. The molecule has 0 fully saturated rings. The van der Waals surface area contributed by atoms with Gasteiger partial charge in [-0.05, 0) is 76.3 Å². The summed E-state index contributed by atoms with van der Waals surface area (Å²) in [5, 5.41) is 12.8. The number of nitrogens with zero attached hydrogens (tertiary/aromatic N) is 1. The van der Waals surface area contributed by atoms with Crippen LogP contribution < -0.4 is 4.74 Å². The zero-order valence-corrected chi connectivity index (χ0v) is 17.4. The van der Waals surface area contributed by atoms with Gasteiger partial charge in [-0.2, -0.15) is 0 Å². The van der Waals surface area contributed by atoms with E-state index in [1.807, 2.05) is 69.2 Å². The van der Waals surface area contributed by atoms with Crippen LogP contribution in [-0.2, 0) is 9.53 Å². The number of hydrogen-bond donors (Lipinski definition) is 1. The van der Waals surface area contributed by atoms with E-state index in [-0.39, 0.29) is 18.1 Å². The zero-order valence-electron chi connectivity index (χ0n) is 17.4. The molecule has 0 aliphatic rings. The molecule has 0 aliphatic heterocycles. The van der Waals surface area contributed by atoms with Gasteiger partial charge in [-0.15, -0.1) is 0 Å². The van der Waals surface area contributed by atoms with Gasteiger partial charge in [-0.3, -0.25) is 4.79 Å². The smallest absolute Gasteiger partial charge is 0.314 e. The van der Waals surface area contributed by atoms with Crippen LogP contribution in [0.4, 0.5) is 0 Å². The lowest BCUT2D eigenvalue weighted by atomic mass is 9.89. The molecule has 0 saturated heterocycles. The fraction of sp³-hybridized carbons (Fsp3) is 0.500. The van der Waals surface area contributed by atoms with E-state index in [1.54, 1.807) is 13.8 Å². The number of fused-ring (bicyclic) bond motifs is 1. The maximum atomic E-state index is 11.8. The van der Waals surface area contributed by atoms with E-state index < -0.39 is 11.5 Å². The molecule has 1 N–H and O–H groups in total. The Morgan fingerprint density at radius 2 is 1.67 bits per heavy atom. The van der Waals surface area contributed by atoms with Crippen LogP contribution in [0.15, 0.2) is 36.4 Å². The second-order valence-electron chi connectivity index (χ2n) is 8.38. The van der Waals surface area contributed by atoms with Crippen LogP contribution in [0, 0.1) is 5.41 Å². The Bertz CT molecular complexity index is 811. The van der Waals surface area contributed by atoms with Gasteiger partial charge in [0.25, 0.3) is 0 Å². The number of aliphatic hydroxyl groups excluding tert-OH is 1. The van der Waals surface area contributed by atoms with Crippen LogP contribution in [0.5, 0.6) is 5.75 Å². The van der Waals surface area contributed by atoms with Crippen LogP contribution in [0.2, 0.25) is 0 Å². The monoisotopic (exact) mass is 373 g/mol. The fourth-order valence-corrected chi connectivity index (χ4v) is 2.75. The van der Waals surface area contributed by atoms with Crippen LogP contribution in [0.1, 0.15) is 39.4 Å². The van der Waals surface area contributed by atoms with Crippen molar-refractivity contribution in [2.75, 3.05) is 27.8 Å². The Morgan fingerprint density at radius 3 is 2.26 bits per heavy atom. The van der Waals surface area contributed by atoms with Crippen molar-refractivity contribution in [3.63, 3.8) is 0 Å². The predicted molar refractivity (Wildman–Crippen MR) is 108 cm³/mol. The van der Waals surface area contributed by atoms with Gasteiger partial charge in [0.2, 0.25) is 0 Å². The van der Waals surface area contributed by atoms with Crippen molar-refractivity contribution < 1.29 is 19.4 Å². The molecular formula is C22H31NO4. The van der Waals surface area contributed by atoms with E-state index in [1.165, 1.54) is 7.11 Å². The SMILES string of the molecule is COC(=O)C(C)(C)COc1ccc2cc(C(O)C(C)(C)N(C)C)ccc2c1. The lowest BCUT2D eigenvalue weighted by Gasteiger charge is -2.37. The molecule has 0 spiro atoms. The van der Waals surface area contributed by atoms with E-state index in [0.717, 1.165) is 16.3 Å².